The van der Waals surface area contributed by atoms with E-state index in [1.54, 1.807) is 36.4 Å². The van der Waals surface area contributed by atoms with Gasteiger partial charge in [-0.1, -0.05) is 29.8 Å². The molecular weight excluding hydrogens is 362 g/mol. The molecule has 0 saturated carbocycles. The van der Waals surface area contributed by atoms with Crippen molar-refractivity contribution in [3.63, 3.8) is 0 Å². The molecule has 4 rings (SSSR count). The molecule has 0 fully saturated rings. The van der Waals surface area contributed by atoms with Gasteiger partial charge in [0.2, 0.25) is 0 Å². The van der Waals surface area contributed by atoms with Gasteiger partial charge in [0.1, 0.15) is 4.90 Å². The minimum Gasteiger partial charge on any atom is -0.268 e. The number of sulfonamides is 1. The second-order valence-corrected chi connectivity index (χ2v) is 7.88. The summed E-state index contributed by atoms with van der Waals surface area (Å²) in [7, 11) is -3.89. The molecule has 0 radical (unpaired) electrons. The number of carbonyl (C=O) groups excluding carboxylic acids is 1. The van der Waals surface area contributed by atoms with Crippen LogP contribution >= 0.6 is 0 Å². The van der Waals surface area contributed by atoms with Crippen LogP contribution in [0, 0.1) is 6.92 Å². The number of carbonyl (C=O) groups is 1. The first-order valence-corrected chi connectivity index (χ1v) is 9.68. The second-order valence-electron chi connectivity index (χ2n) is 6.12. The second kappa shape index (κ2) is 6.44. The minimum atomic E-state index is -3.89. The molecule has 0 saturated heterocycles. The summed E-state index contributed by atoms with van der Waals surface area (Å²) in [6, 6.07) is 20.1. The van der Waals surface area contributed by atoms with Gasteiger partial charge in [-0.15, -0.1) is 0 Å². The molecule has 134 valence electrons. The number of azo groups is 1. The van der Waals surface area contributed by atoms with Crippen LogP contribution in [0.1, 0.15) is 15.9 Å². The van der Waals surface area contributed by atoms with Crippen molar-refractivity contribution in [2.75, 3.05) is 4.31 Å². The standard InChI is InChI=1S/C20H15N3O3S/c1-14-6-8-15(9-7-14)21-22-16-10-12-17(13-11-16)23-20(24)18-4-2-3-5-19(18)27(23,25)26/h2-13H,1H3. The summed E-state index contributed by atoms with van der Waals surface area (Å²) < 4.78 is 26.2. The topological polar surface area (TPSA) is 79.2 Å². The van der Waals surface area contributed by atoms with Crippen LogP contribution < -0.4 is 4.31 Å². The molecule has 1 heterocycles. The number of fused-ring (bicyclic) bond motifs is 1. The maximum Gasteiger partial charge on any atom is 0.273 e. The summed E-state index contributed by atoms with van der Waals surface area (Å²) in [6.45, 7) is 1.99. The third-order valence-electron chi connectivity index (χ3n) is 4.22. The van der Waals surface area contributed by atoms with Gasteiger partial charge >= 0.3 is 0 Å². The largest absolute Gasteiger partial charge is 0.273 e. The molecule has 1 aliphatic heterocycles. The highest BCUT2D eigenvalue weighted by Crippen LogP contribution is 2.35. The Morgan fingerprint density at radius 3 is 1.93 bits per heavy atom. The van der Waals surface area contributed by atoms with Crippen LogP contribution in [0.15, 0.2) is 87.9 Å². The average Bonchev–Trinajstić information content (AvgIpc) is 2.88. The summed E-state index contributed by atoms with van der Waals surface area (Å²) in [5.41, 5.74) is 2.86. The lowest BCUT2D eigenvalue weighted by Crippen LogP contribution is -2.29. The molecule has 0 aromatic heterocycles. The lowest BCUT2D eigenvalue weighted by molar-refractivity contribution is 0.101. The average molecular weight is 377 g/mol. The summed E-state index contributed by atoms with van der Waals surface area (Å²) in [5.74, 6) is -0.556. The Morgan fingerprint density at radius 2 is 1.33 bits per heavy atom. The number of benzene rings is 3. The van der Waals surface area contributed by atoms with Crippen molar-refractivity contribution in [3.8, 4) is 0 Å². The number of nitrogens with zero attached hydrogens (tertiary/aromatic N) is 3. The molecule has 3 aromatic carbocycles. The van der Waals surface area contributed by atoms with Gasteiger partial charge in [0.05, 0.1) is 22.6 Å². The van der Waals surface area contributed by atoms with Crippen molar-refractivity contribution in [2.45, 2.75) is 11.8 Å². The Bertz CT molecular complexity index is 1150. The molecule has 0 N–H and O–H groups in total. The van der Waals surface area contributed by atoms with Gasteiger partial charge in [-0.3, -0.25) is 4.79 Å². The quantitative estimate of drug-likeness (QED) is 0.617. The van der Waals surface area contributed by atoms with Gasteiger partial charge < -0.3 is 0 Å². The Hall–Kier alpha value is -3.32. The Morgan fingerprint density at radius 1 is 0.778 bits per heavy atom. The van der Waals surface area contributed by atoms with Crippen molar-refractivity contribution in [2.24, 2.45) is 10.2 Å². The van der Waals surface area contributed by atoms with Crippen molar-refractivity contribution >= 4 is 33.0 Å². The molecule has 7 heteroatoms. The van der Waals surface area contributed by atoms with Gasteiger partial charge in [0.15, 0.2) is 0 Å². The fourth-order valence-electron chi connectivity index (χ4n) is 2.82. The molecule has 0 unspecified atom stereocenters. The molecule has 6 nitrogen and oxygen atoms in total. The number of rotatable bonds is 3. The Labute approximate surface area is 156 Å². The van der Waals surface area contributed by atoms with Gasteiger partial charge in [0.25, 0.3) is 15.9 Å². The van der Waals surface area contributed by atoms with Crippen LogP contribution in [0.5, 0.6) is 0 Å². The molecular formula is C20H15N3O3S. The van der Waals surface area contributed by atoms with Crippen LogP contribution in [0.25, 0.3) is 0 Å². The van der Waals surface area contributed by atoms with E-state index in [9.17, 15) is 13.2 Å². The highest BCUT2D eigenvalue weighted by Gasteiger charge is 2.41. The predicted octanol–water partition coefficient (Wildman–Crippen LogP) is 4.76. The van der Waals surface area contributed by atoms with Crippen LogP contribution in [-0.2, 0) is 10.0 Å². The van der Waals surface area contributed by atoms with Crippen molar-refractivity contribution in [1.82, 2.24) is 0 Å². The number of hydrogen-bond acceptors (Lipinski definition) is 5. The van der Waals surface area contributed by atoms with Crippen molar-refractivity contribution < 1.29 is 13.2 Å². The number of anilines is 1. The van der Waals surface area contributed by atoms with Gasteiger partial charge in [-0.05, 0) is 55.5 Å². The van der Waals surface area contributed by atoms with Gasteiger partial charge in [0, 0.05) is 0 Å². The molecule has 27 heavy (non-hydrogen) atoms. The maximum absolute atomic E-state index is 12.7. The van der Waals surface area contributed by atoms with E-state index >= 15 is 0 Å². The Kier molecular flexibility index (Phi) is 4.08. The molecule has 0 atom stereocenters. The summed E-state index contributed by atoms with van der Waals surface area (Å²) >= 11 is 0. The molecule has 0 aliphatic carbocycles. The minimum absolute atomic E-state index is 0.0261. The molecule has 0 bridgehead atoms. The van der Waals surface area contributed by atoms with E-state index in [1.807, 2.05) is 31.2 Å². The molecule has 3 aromatic rings. The maximum atomic E-state index is 12.7. The van der Waals surface area contributed by atoms with E-state index in [-0.39, 0.29) is 16.1 Å². The van der Waals surface area contributed by atoms with Crippen molar-refractivity contribution in [3.05, 3.63) is 83.9 Å². The van der Waals surface area contributed by atoms with Gasteiger partial charge in [-0.2, -0.15) is 14.5 Å². The van der Waals surface area contributed by atoms with Crippen LogP contribution in [0.4, 0.5) is 17.1 Å². The van der Waals surface area contributed by atoms with E-state index in [1.165, 1.54) is 12.1 Å². The van der Waals surface area contributed by atoms with Crippen LogP contribution in [0.3, 0.4) is 0 Å². The van der Waals surface area contributed by atoms with E-state index in [2.05, 4.69) is 10.2 Å². The zero-order valence-electron chi connectivity index (χ0n) is 14.4. The molecule has 1 amide bonds. The first-order valence-electron chi connectivity index (χ1n) is 8.24. The summed E-state index contributed by atoms with van der Waals surface area (Å²) in [6.07, 6.45) is 0. The first-order chi connectivity index (χ1) is 13.0. The first kappa shape index (κ1) is 17.1. The highest BCUT2D eigenvalue weighted by molar-refractivity contribution is 7.94. The monoisotopic (exact) mass is 377 g/mol. The SMILES string of the molecule is Cc1ccc(N=Nc2ccc(N3C(=O)c4ccccc4S3(=O)=O)cc2)cc1. The normalized spacial score (nSPS) is 15.3. The van der Waals surface area contributed by atoms with Gasteiger partial charge in [-0.25, -0.2) is 8.42 Å². The lowest BCUT2D eigenvalue weighted by atomic mass is 10.2. The fourth-order valence-corrected chi connectivity index (χ4v) is 4.42. The highest BCUT2D eigenvalue weighted by atomic mass is 32.2. The smallest absolute Gasteiger partial charge is 0.268 e. The van der Waals surface area contributed by atoms with Crippen molar-refractivity contribution in [1.29, 1.82) is 0 Å². The summed E-state index contributed by atoms with van der Waals surface area (Å²) in [5, 5.41) is 8.29. The van der Waals surface area contributed by atoms with E-state index in [0.717, 1.165) is 15.6 Å². The number of hydrogen-bond donors (Lipinski definition) is 0. The zero-order valence-corrected chi connectivity index (χ0v) is 15.2. The van der Waals surface area contributed by atoms with E-state index in [4.69, 9.17) is 0 Å². The Balaban J connectivity index is 1.61. The molecule has 1 aliphatic rings. The summed E-state index contributed by atoms with van der Waals surface area (Å²) in [4.78, 5) is 12.6. The van der Waals surface area contributed by atoms with E-state index in [0.29, 0.717) is 5.69 Å². The predicted molar refractivity (Wildman–Crippen MR) is 102 cm³/mol. The third kappa shape index (κ3) is 3.02. The van der Waals surface area contributed by atoms with Crippen LogP contribution in [-0.4, -0.2) is 14.3 Å². The number of aryl methyl sites for hydroxylation is 1. The molecule has 0 spiro atoms. The zero-order chi connectivity index (χ0) is 19.0. The number of amides is 1. The fraction of sp³-hybridized carbons (Fsp3) is 0.0500. The van der Waals surface area contributed by atoms with E-state index < -0.39 is 15.9 Å². The van der Waals surface area contributed by atoms with Crippen LogP contribution in [0.2, 0.25) is 0 Å². The third-order valence-corrected chi connectivity index (χ3v) is 5.99. The lowest BCUT2D eigenvalue weighted by Gasteiger charge is -2.14.